The van der Waals surface area contributed by atoms with Crippen LogP contribution in [0.5, 0.6) is 0 Å². The molecule has 6 heteroatoms. The van der Waals surface area contributed by atoms with Gasteiger partial charge < -0.3 is 5.32 Å². The van der Waals surface area contributed by atoms with Gasteiger partial charge in [-0.15, -0.1) is 0 Å². The van der Waals surface area contributed by atoms with Crippen molar-refractivity contribution >= 4 is 32.3 Å². The summed E-state index contributed by atoms with van der Waals surface area (Å²) in [7, 11) is -3.89. The maximum Gasteiger partial charge on any atom is 0.228 e. The summed E-state index contributed by atoms with van der Waals surface area (Å²) in [6.45, 7) is 0. The third kappa shape index (κ3) is 1.98. The largest absolute Gasteiger partial charge is 0.333 e. The Bertz CT molecular complexity index is 826. The number of Topliss-reactive ketones (excluding diaryl/α,β-unsaturated/α-hetero) is 1. The molecule has 0 radical (unpaired) electrons. The van der Waals surface area contributed by atoms with E-state index in [1.165, 1.54) is 12.1 Å². The molecule has 1 unspecified atom stereocenters. The summed E-state index contributed by atoms with van der Waals surface area (Å²) >= 11 is 0. The van der Waals surface area contributed by atoms with Crippen molar-refractivity contribution in [2.45, 2.75) is 16.7 Å². The van der Waals surface area contributed by atoms with Gasteiger partial charge in [0.1, 0.15) is 0 Å². The number of rotatable bonds is 2. The molecule has 2 aromatic carbocycles. The number of hydrogen-bond donors (Lipinski definition) is 1. The Balaban J connectivity index is 2.09. The van der Waals surface area contributed by atoms with Crippen molar-refractivity contribution in [3.05, 3.63) is 42.5 Å². The van der Waals surface area contributed by atoms with Crippen LogP contribution in [0.1, 0.15) is 6.42 Å². The Labute approximate surface area is 115 Å². The van der Waals surface area contributed by atoms with Crippen LogP contribution < -0.4 is 5.32 Å². The molecule has 0 saturated carbocycles. The van der Waals surface area contributed by atoms with Crippen molar-refractivity contribution in [2.24, 2.45) is 0 Å². The first-order valence-corrected chi connectivity index (χ1v) is 7.58. The first-order valence-electron chi connectivity index (χ1n) is 6.03. The standard InChI is InChI=1S/C14H11NO4S/c16-12-8-13(17)15-14(12)20(18,19)11-6-5-9-3-1-2-4-10(9)7-11/h1-7,14H,8H2,(H,15,17). The lowest BCUT2D eigenvalue weighted by Gasteiger charge is -2.11. The number of carbonyl (C=O) groups is 2. The van der Waals surface area contributed by atoms with Gasteiger partial charge in [-0.2, -0.15) is 0 Å². The highest BCUT2D eigenvalue weighted by molar-refractivity contribution is 7.92. The normalized spacial score (nSPS) is 19.3. The van der Waals surface area contributed by atoms with E-state index in [0.717, 1.165) is 10.8 Å². The lowest BCUT2D eigenvalue weighted by molar-refractivity contribution is -0.122. The fourth-order valence-corrected chi connectivity index (χ4v) is 3.80. The summed E-state index contributed by atoms with van der Waals surface area (Å²) in [6, 6.07) is 12.0. The minimum Gasteiger partial charge on any atom is -0.333 e. The summed E-state index contributed by atoms with van der Waals surface area (Å²) in [5.41, 5.74) is 0. The monoisotopic (exact) mass is 289 g/mol. The molecule has 1 aliphatic heterocycles. The number of fused-ring (bicyclic) bond motifs is 1. The number of carbonyl (C=O) groups excluding carboxylic acids is 2. The fraction of sp³-hybridized carbons (Fsp3) is 0.143. The fourth-order valence-electron chi connectivity index (χ4n) is 2.26. The van der Waals surface area contributed by atoms with Crippen molar-refractivity contribution in [3.8, 4) is 0 Å². The number of benzene rings is 2. The van der Waals surface area contributed by atoms with Gasteiger partial charge in [-0.3, -0.25) is 9.59 Å². The predicted octanol–water partition coefficient (Wildman–Crippen LogP) is 1.03. The van der Waals surface area contributed by atoms with Gasteiger partial charge in [0.05, 0.1) is 11.3 Å². The molecule has 1 N–H and O–H groups in total. The summed E-state index contributed by atoms with van der Waals surface area (Å²) in [6.07, 6.45) is -0.378. The van der Waals surface area contributed by atoms with Gasteiger partial charge in [0, 0.05) is 0 Å². The zero-order valence-electron chi connectivity index (χ0n) is 10.4. The number of ketones is 1. The van der Waals surface area contributed by atoms with Gasteiger partial charge in [-0.25, -0.2) is 8.42 Å². The molecule has 102 valence electrons. The number of sulfone groups is 1. The van der Waals surface area contributed by atoms with E-state index in [2.05, 4.69) is 5.32 Å². The molecular weight excluding hydrogens is 278 g/mol. The van der Waals surface area contributed by atoms with Crippen molar-refractivity contribution in [3.63, 3.8) is 0 Å². The molecule has 0 aromatic heterocycles. The summed E-state index contributed by atoms with van der Waals surface area (Å²) in [5, 5.41) is 2.43. The zero-order chi connectivity index (χ0) is 14.3. The molecule has 1 atom stereocenters. The van der Waals surface area contributed by atoms with Crippen LogP contribution in [0, 0.1) is 0 Å². The van der Waals surface area contributed by atoms with Crippen LogP contribution in [0.3, 0.4) is 0 Å². The second kappa shape index (κ2) is 4.42. The molecule has 5 nitrogen and oxygen atoms in total. The van der Waals surface area contributed by atoms with E-state index >= 15 is 0 Å². The highest BCUT2D eigenvalue weighted by Gasteiger charge is 2.40. The smallest absolute Gasteiger partial charge is 0.228 e. The van der Waals surface area contributed by atoms with Gasteiger partial charge in [0.25, 0.3) is 0 Å². The van der Waals surface area contributed by atoms with Crippen LogP contribution in [0.2, 0.25) is 0 Å². The summed E-state index contributed by atoms with van der Waals surface area (Å²) in [5.74, 6) is -1.16. The second-order valence-electron chi connectivity index (χ2n) is 4.64. The Morgan fingerprint density at radius 3 is 2.35 bits per heavy atom. The van der Waals surface area contributed by atoms with E-state index in [1.54, 1.807) is 18.2 Å². The Hall–Kier alpha value is -2.21. The average molecular weight is 289 g/mol. The molecule has 20 heavy (non-hydrogen) atoms. The first-order chi connectivity index (χ1) is 9.48. The van der Waals surface area contributed by atoms with Crippen LogP contribution in [0.25, 0.3) is 10.8 Å². The molecule has 1 aliphatic rings. The molecule has 1 fully saturated rings. The zero-order valence-corrected chi connectivity index (χ0v) is 11.2. The lowest BCUT2D eigenvalue weighted by atomic mass is 10.1. The summed E-state index contributed by atoms with van der Waals surface area (Å²) in [4.78, 5) is 22.8. The molecule has 0 spiro atoms. The average Bonchev–Trinajstić information content (AvgIpc) is 2.78. The number of amides is 1. The predicted molar refractivity (Wildman–Crippen MR) is 72.7 cm³/mol. The minimum atomic E-state index is -3.89. The highest BCUT2D eigenvalue weighted by atomic mass is 32.2. The molecule has 3 rings (SSSR count). The molecule has 0 bridgehead atoms. The molecule has 1 amide bonds. The highest BCUT2D eigenvalue weighted by Crippen LogP contribution is 2.23. The van der Waals surface area contributed by atoms with E-state index in [9.17, 15) is 18.0 Å². The third-order valence-electron chi connectivity index (χ3n) is 3.28. The maximum absolute atomic E-state index is 12.4. The Kier molecular flexibility index (Phi) is 2.83. The van der Waals surface area contributed by atoms with Gasteiger partial charge in [0.15, 0.2) is 11.2 Å². The second-order valence-corrected chi connectivity index (χ2v) is 6.68. The summed E-state index contributed by atoms with van der Waals surface area (Å²) < 4.78 is 24.8. The van der Waals surface area contributed by atoms with Crippen molar-refractivity contribution in [2.75, 3.05) is 0 Å². The van der Waals surface area contributed by atoms with Crippen LogP contribution >= 0.6 is 0 Å². The Morgan fingerprint density at radius 1 is 1.00 bits per heavy atom. The SMILES string of the molecule is O=C1CC(=O)C(S(=O)(=O)c2ccc3ccccc3c2)N1. The number of hydrogen-bond acceptors (Lipinski definition) is 4. The van der Waals surface area contributed by atoms with Crippen molar-refractivity contribution in [1.82, 2.24) is 5.32 Å². The topological polar surface area (TPSA) is 80.3 Å². The van der Waals surface area contributed by atoms with Gasteiger partial charge in [0.2, 0.25) is 15.7 Å². The van der Waals surface area contributed by atoms with E-state index in [-0.39, 0.29) is 11.3 Å². The van der Waals surface area contributed by atoms with Gasteiger partial charge in [-0.05, 0) is 22.9 Å². The van der Waals surface area contributed by atoms with Gasteiger partial charge >= 0.3 is 0 Å². The third-order valence-corrected chi connectivity index (χ3v) is 5.19. The van der Waals surface area contributed by atoms with Crippen molar-refractivity contribution in [1.29, 1.82) is 0 Å². The van der Waals surface area contributed by atoms with E-state index in [1.807, 2.05) is 12.1 Å². The first kappa shape index (κ1) is 12.8. The van der Waals surface area contributed by atoms with E-state index in [4.69, 9.17) is 0 Å². The van der Waals surface area contributed by atoms with Crippen LogP contribution in [0.15, 0.2) is 47.4 Å². The van der Waals surface area contributed by atoms with Crippen LogP contribution in [0.4, 0.5) is 0 Å². The van der Waals surface area contributed by atoms with Crippen molar-refractivity contribution < 1.29 is 18.0 Å². The van der Waals surface area contributed by atoms with Crippen LogP contribution in [-0.4, -0.2) is 25.5 Å². The van der Waals surface area contributed by atoms with E-state index < -0.39 is 26.9 Å². The molecule has 1 heterocycles. The maximum atomic E-state index is 12.4. The number of nitrogens with one attached hydrogen (secondary N) is 1. The molecule has 1 saturated heterocycles. The quantitative estimate of drug-likeness (QED) is 0.837. The van der Waals surface area contributed by atoms with Crippen LogP contribution in [-0.2, 0) is 19.4 Å². The molecule has 2 aromatic rings. The Morgan fingerprint density at radius 2 is 1.70 bits per heavy atom. The van der Waals surface area contributed by atoms with E-state index in [0.29, 0.717) is 0 Å². The van der Waals surface area contributed by atoms with Gasteiger partial charge in [-0.1, -0.05) is 30.3 Å². The lowest BCUT2D eigenvalue weighted by Crippen LogP contribution is -2.37. The molecular formula is C14H11NO4S. The molecule has 0 aliphatic carbocycles. The minimum absolute atomic E-state index is 0.0387.